The van der Waals surface area contributed by atoms with E-state index in [1.54, 1.807) is 12.1 Å². The van der Waals surface area contributed by atoms with Crippen LogP contribution in [0.5, 0.6) is 0 Å². The highest BCUT2D eigenvalue weighted by Gasteiger charge is 2.25. The molecule has 0 aromatic heterocycles. The molecule has 4 rings (SSSR count). The topological polar surface area (TPSA) is 64.7 Å². The van der Waals surface area contributed by atoms with Crippen LogP contribution in [0, 0.1) is 0 Å². The van der Waals surface area contributed by atoms with Crippen LogP contribution in [0.2, 0.25) is 5.02 Å². The van der Waals surface area contributed by atoms with Gasteiger partial charge in [0.25, 0.3) is 5.91 Å². The maximum Gasteiger partial charge on any atom is 0.256 e. The van der Waals surface area contributed by atoms with Gasteiger partial charge in [0.05, 0.1) is 28.5 Å². The normalized spacial score (nSPS) is 14.1. The van der Waals surface area contributed by atoms with Gasteiger partial charge in [-0.25, -0.2) is 0 Å². The van der Waals surface area contributed by atoms with E-state index in [1.165, 1.54) is 0 Å². The predicted octanol–water partition coefficient (Wildman–Crippen LogP) is 4.48. The SMILES string of the molecule is O=C(CN1CCN(C(=O)c2ccccc2Nc2ccccc2)CC1)Nc1ccccc1Cl. The number of hydrogen-bond donors (Lipinski definition) is 2. The first-order chi connectivity index (χ1) is 15.6. The summed E-state index contributed by atoms with van der Waals surface area (Å²) in [7, 11) is 0. The highest BCUT2D eigenvalue weighted by Crippen LogP contribution is 2.23. The summed E-state index contributed by atoms with van der Waals surface area (Å²) < 4.78 is 0. The Bertz CT molecular complexity index is 1080. The number of halogens is 1. The molecule has 2 amide bonds. The molecule has 3 aromatic rings. The lowest BCUT2D eigenvalue weighted by molar-refractivity contribution is -0.117. The summed E-state index contributed by atoms with van der Waals surface area (Å²) in [4.78, 5) is 29.5. The van der Waals surface area contributed by atoms with Crippen LogP contribution in [0.3, 0.4) is 0 Å². The summed E-state index contributed by atoms with van der Waals surface area (Å²) in [5, 5.41) is 6.69. The van der Waals surface area contributed by atoms with Crippen molar-refractivity contribution in [2.45, 2.75) is 0 Å². The molecule has 2 N–H and O–H groups in total. The van der Waals surface area contributed by atoms with Crippen molar-refractivity contribution in [1.29, 1.82) is 0 Å². The molecule has 1 saturated heterocycles. The predicted molar refractivity (Wildman–Crippen MR) is 129 cm³/mol. The lowest BCUT2D eigenvalue weighted by atomic mass is 10.1. The maximum atomic E-state index is 13.2. The second-order valence-electron chi connectivity index (χ2n) is 7.63. The number of para-hydroxylation sites is 3. The summed E-state index contributed by atoms with van der Waals surface area (Å²) in [6, 6.07) is 24.5. The van der Waals surface area contributed by atoms with Gasteiger partial charge in [0.15, 0.2) is 0 Å². The van der Waals surface area contributed by atoms with Crippen molar-refractivity contribution < 1.29 is 9.59 Å². The van der Waals surface area contributed by atoms with E-state index in [-0.39, 0.29) is 18.4 Å². The maximum absolute atomic E-state index is 13.2. The number of rotatable bonds is 6. The minimum atomic E-state index is -0.115. The molecule has 164 valence electrons. The minimum absolute atomic E-state index is 0.01000. The van der Waals surface area contributed by atoms with Gasteiger partial charge in [0, 0.05) is 31.9 Å². The Morgan fingerprint density at radius 1 is 0.781 bits per heavy atom. The number of benzene rings is 3. The molecule has 1 aliphatic heterocycles. The summed E-state index contributed by atoms with van der Waals surface area (Å²) >= 11 is 6.11. The third-order valence-electron chi connectivity index (χ3n) is 5.38. The van der Waals surface area contributed by atoms with Crippen LogP contribution in [-0.2, 0) is 4.79 Å². The summed E-state index contributed by atoms with van der Waals surface area (Å²) in [5.74, 6) is -0.125. The fourth-order valence-corrected chi connectivity index (χ4v) is 3.87. The molecule has 0 spiro atoms. The molecule has 1 aliphatic rings. The highest BCUT2D eigenvalue weighted by molar-refractivity contribution is 6.33. The van der Waals surface area contributed by atoms with Crippen molar-refractivity contribution in [1.82, 2.24) is 9.80 Å². The van der Waals surface area contributed by atoms with E-state index in [0.717, 1.165) is 11.4 Å². The quantitative estimate of drug-likeness (QED) is 0.583. The molecule has 0 atom stereocenters. The molecular weight excluding hydrogens is 424 g/mol. The van der Waals surface area contributed by atoms with Crippen molar-refractivity contribution in [3.05, 3.63) is 89.4 Å². The van der Waals surface area contributed by atoms with E-state index >= 15 is 0 Å². The van der Waals surface area contributed by atoms with Gasteiger partial charge in [-0.05, 0) is 36.4 Å². The standard InChI is InChI=1S/C25H25ClN4O2/c26-21-11-5-7-13-23(21)28-24(31)18-29-14-16-30(17-15-29)25(32)20-10-4-6-12-22(20)27-19-8-2-1-3-9-19/h1-13,27H,14-18H2,(H,28,31). The van der Waals surface area contributed by atoms with Gasteiger partial charge in [-0.1, -0.05) is 54.1 Å². The van der Waals surface area contributed by atoms with E-state index in [9.17, 15) is 9.59 Å². The molecule has 32 heavy (non-hydrogen) atoms. The van der Waals surface area contributed by atoms with E-state index in [1.807, 2.05) is 76.5 Å². The number of anilines is 3. The van der Waals surface area contributed by atoms with Crippen molar-refractivity contribution in [3.63, 3.8) is 0 Å². The molecule has 7 heteroatoms. The van der Waals surface area contributed by atoms with Gasteiger partial charge in [0.1, 0.15) is 0 Å². The van der Waals surface area contributed by atoms with Crippen LogP contribution in [0.25, 0.3) is 0 Å². The van der Waals surface area contributed by atoms with Gasteiger partial charge in [-0.15, -0.1) is 0 Å². The van der Waals surface area contributed by atoms with Gasteiger partial charge in [-0.2, -0.15) is 0 Å². The van der Waals surface area contributed by atoms with Gasteiger partial charge < -0.3 is 15.5 Å². The molecule has 0 saturated carbocycles. The first-order valence-corrected chi connectivity index (χ1v) is 10.9. The smallest absolute Gasteiger partial charge is 0.256 e. The van der Waals surface area contributed by atoms with Crippen molar-refractivity contribution in [2.24, 2.45) is 0 Å². The van der Waals surface area contributed by atoms with Crippen molar-refractivity contribution in [3.8, 4) is 0 Å². The van der Waals surface area contributed by atoms with Crippen LogP contribution in [-0.4, -0.2) is 54.3 Å². The second-order valence-corrected chi connectivity index (χ2v) is 8.04. The molecule has 0 unspecified atom stereocenters. The Morgan fingerprint density at radius 2 is 1.41 bits per heavy atom. The van der Waals surface area contributed by atoms with E-state index in [4.69, 9.17) is 11.6 Å². The van der Waals surface area contributed by atoms with Crippen LogP contribution in [0.15, 0.2) is 78.9 Å². The lowest BCUT2D eigenvalue weighted by Gasteiger charge is -2.34. The average Bonchev–Trinajstić information content (AvgIpc) is 2.82. The van der Waals surface area contributed by atoms with E-state index in [0.29, 0.717) is 42.5 Å². The highest BCUT2D eigenvalue weighted by atomic mass is 35.5. The van der Waals surface area contributed by atoms with Crippen LogP contribution < -0.4 is 10.6 Å². The lowest BCUT2D eigenvalue weighted by Crippen LogP contribution is -2.50. The number of carbonyl (C=O) groups is 2. The van der Waals surface area contributed by atoms with Gasteiger partial charge in [0.2, 0.25) is 5.91 Å². The zero-order valence-corrected chi connectivity index (χ0v) is 18.4. The summed E-state index contributed by atoms with van der Waals surface area (Å²) in [5.41, 5.74) is 2.96. The van der Waals surface area contributed by atoms with Crippen molar-refractivity contribution >= 4 is 40.5 Å². The third kappa shape index (κ3) is 5.46. The number of nitrogens with zero attached hydrogens (tertiary/aromatic N) is 2. The Morgan fingerprint density at radius 3 is 2.12 bits per heavy atom. The number of carbonyl (C=O) groups excluding carboxylic acids is 2. The van der Waals surface area contributed by atoms with Crippen LogP contribution >= 0.6 is 11.6 Å². The molecule has 0 aliphatic carbocycles. The molecule has 3 aromatic carbocycles. The largest absolute Gasteiger partial charge is 0.355 e. The second kappa shape index (κ2) is 10.3. The van der Waals surface area contributed by atoms with Crippen LogP contribution in [0.4, 0.5) is 17.1 Å². The van der Waals surface area contributed by atoms with Gasteiger partial charge >= 0.3 is 0 Å². The molecule has 0 radical (unpaired) electrons. The molecule has 1 fully saturated rings. The summed E-state index contributed by atoms with van der Waals surface area (Å²) in [6.07, 6.45) is 0. The monoisotopic (exact) mass is 448 g/mol. The zero-order valence-electron chi connectivity index (χ0n) is 17.6. The fourth-order valence-electron chi connectivity index (χ4n) is 3.69. The number of piperazine rings is 1. The number of amides is 2. The van der Waals surface area contributed by atoms with E-state index in [2.05, 4.69) is 10.6 Å². The molecule has 6 nitrogen and oxygen atoms in total. The number of nitrogens with one attached hydrogen (secondary N) is 2. The first kappa shape index (κ1) is 21.9. The first-order valence-electron chi connectivity index (χ1n) is 10.6. The summed E-state index contributed by atoms with van der Waals surface area (Å²) in [6.45, 7) is 2.67. The Balaban J connectivity index is 1.33. The van der Waals surface area contributed by atoms with Gasteiger partial charge in [-0.3, -0.25) is 14.5 Å². The van der Waals surface area contributed by atoms with E-state index < -0.39 is 0 Å². The molecule has 0 bridgehead atoms. The zero-order chi connectivity index (χ0) is 22.3. The fraction of sp³-hybridized carbons (Fsp3) is 0.200. The average molecular weight is 449 g/mol. The Hall–Kier alpha value is -3.35. The Labute approximate surface area is 192 Å². The molecular formula is C25H25ClN4O2. The van der Waals surface area contributed by atoms with Crippen molar-refractivity contribution in [2.75, 3.05) is 43.4 Å². The molecule has 1 heterocycles. The third-order valence-corrected chi connectivity index (χ3v) is 5.71. The van der Waals surface area contributed by atoms with Crippen LogP contribution in [0.1, 0.15) is 10.4 Å². The Kier molecular flexibility index (Phi) is 7.04. The number of hydrogen-bond acceptors (Lipinski definition) is 4. The minimum Gasteiger partial charge on any atom is -0.355 e.